The third kappa shape index (κ3) is 3.56. The van der Waals surface area contributed by atoms with Gasteiger partial charge in [-0.2, -0.15) is 5.10 Å². The van der Waals surface area contributed by atoms with Crippen molar-refractivity contribution < 1.29 is 9.47 Å². The Labute approximate surface area is 184 Å². The van der Waals surface area contributed by atoms with Crippen molar-refractivity contribution in [1.29, 1.82) is 0 Å². The van der Waals surface area contributed by atoms with Crippen LogP contribution in [0.25, 0.3) is 0 Å². The van der Waals surface area contributed by atoms with E-state index in [4.69, 9.17) is 14.6 Å². The van der Waals surface area contributed by atoms with E-state index in [-0.39, 0.29) is 17.7 Å². The minimum Gasteiger partial charge on any atom is -0.497 e. The van der Waals surface area contributed by atoms with E-state index in [1.807, 2.05) is 18.2 Å². The highest BCUT2D eigenvalue weighted by Crippen LogP contribution is 2.48. The Hall–Kier alpha value is -3.27. The van der Waals surface area contributed by atoms with Crippen molar-refractivity contribution in [3.8, 4) is 11.5 Å². The lowest BCUT2D eigenvalue weighted by atomic mass is 9.86. The number of hydrogen-bond acceptors (Lipinski definition) is 4. The number of nitrogens with zero attached hydrogens (tertiary/aromatic N) is 2. The summed E-state index contributed by atoms with van der Waals surface area (Å²) in [5, 5.41) is 7.17. The molecule has 0 radical (unpaired) electrons. The van der Waals surface area contributed by atoms with Gasteiger partial charge in [-0.3, -0.25) is 0 Å². The van der Waals surface area contributed by atoms with Gasteiger partial charge in [0.25, 0.3) is 0 Å². The number of ether oxygens (including phenoxy) is 2. The SMILES string of the molecule is COc1ccc2c(c1)[C@@H]1CC(c3ccccc3)=NN1[C@@H](c1ccc(C(C)(C)C)cc1)O2. The second-order valence-electron chi connectivity index (χ2n) is 9.26. The van der Waals surface area contributed by atoms with Crippen LogP contribution in [0.3, 0.4) is 0 Å². The molecular formula is C27H28N2O2. The molecule has 158 valence electrons. The minimum atomic E-state index is -0.263. The number of hydrazone groups is 1. The minimum absolute atomic E-state index is 0.112. The van der Waals surface area contributed by atoms with Gasteiger partial charge < -0.3 is 9.47 Å². The standard InChI is InChI=1S/C27H28N2O2/c1-27(2,3)20-12-10-19(11-13-20)26-29-24(17-23(28-29)18-8-6-5-7-9-18)22-16-21(30-4)14-15-25(22)31-26/h5-16,24,26H,17H2,1-4H3/t24-,26+/m0/s1. The second-order valence-corrected chi connectivity index (χ2v) is 9.26. The zero-order valence-corrected chi connectivity index (χ0v) is 18.5. The van der Waals surface area contributed by atoms with E-state index in [2.05, 4.69) is 80.4 Å². The van der Waals surface area contributed by atoms with Gasteiger partial charge in [0.05, 0.1) is 18.9 Å². The highest BCUT2D eigenvalue weighted by Gasteiger charge is 2.41. The summed E-state index contributed by atoms with van der Waals surface area (Å²) in [5.74, 6) is 1.74. The van der Waals surface area contributed by atoms with Crippen molar-refractivity contribution in [3.63, 3.8) is 0 Å². The maximum atomic E-state index is 6.50. The lowest BCUT2D eigenvalue weighted by molar-refractivity contribution is -0.0191. The van der Waals surface area contributed by atoms with E-state index >= 15 is 0 Å². The number of methoxy groups -OCH3 is 1. The predicted molar refractivity (Wildman–Crippen MR) is 124 cm³/mol. The lowest BCUT2D eigenvalue weighted by Crippen LogP contribution is -2.33. The molecule has 2 aliphatic rings. The van der Waals surface area contributed by atoms with Crippen LogP contribution in [-0.2, 0) is 5.41 Å². The first-order valence-corrected chi connectivity index (χ1v) is 10.8. The largest absolute Gasteiger partial charge is 0.497 e. The van der Waals surface area contributed by atoms with Crippen molar-refractivity contribution in [1.82, 2.24) is 5.01 Å². The fraction of sp³-hybridized carbons (Fsp3) is 0.296. The molecule has 0 saturated carbocycles. The Morgan fingerprint density at radius 3 is 2.39 bits per heavy atom. The number of benzene rings is 3. The number of hydrogen-bond donors (Lipinski definition) is 0. The maximum absolute atomic E-state index is 6.50. The summed E-state index contributed by atoms with van der Waals surface area (Å²) in [6.45, 7) is 6.70. The van der Waals surface area contributed by atoms with Crippen LogP contribution in [0.4, 0.5) is 0 Å². The molecule has 0 fully saturated rings. The molecule has 5 rings (SSSR count). The zero-order valence-electron chi connectivity index (χ0n) is 18.5. The second kappa shape index (κ2) is 7.45. The van der Waals surface area contributed by atoms with Gasteiger partial charge in [0.2, 0.25) is 6.23 Å². The predicted octanol–water partition coefficient (Wildman–Crippen LogP) is 6.24. The van der Waals surface area contributed by atoms with Crippen molar-refractivity contribution in [2.24, 2.45) is 5.10 Å². The van der Waals surface area contributed by atoms with Crippen molar-refractivity contribution in [2.45, 2.75) is 44.9 Å². The molecule has 0 saturated heterocycles. The zero-order chi connectivity index (χ0) is 21.6. The van der Waals surface area contributed by atoms with Gasteiger partial charge in [-0.25, -0.2) is 5.01 Å². The molecule has 0 N–H and O–H groups in total. The fourth-order valence-electron chi connectivity index (χ4n) is 4.37. The Balaban J connectivity index is 1.57. The topological polar surface area (TPSA) is 34.1 Å². The summed E-state index contributed by atoms with van der Waals surface area (Å²) >= 11 is 0. The first-order chi connectivity index (χ1) is 14.9. The summed E-state index contributed by atoms with van der Waals surface area (Å²) in [4.78, 5) is 0. The molecule has 31 heavy (non-hydrogen) atoms. The summed E-state index contributed by atoms with van der Waals surface area (Å²) < 4.78 is 12.0. The van der Waals surface area contributed by atoms with Crippen molar-refractivity contribution in [3.05, 3.63) is 95.1 Å². The van der Waals surface area contributed by atoms with Crippen LogP contribution in [0.1, 0.15) is 61.7 Å². The lowest BCUT2D eigenvalue weighted by Gasteiger charge is -2.38. The molecule has 4 heteroatoms. The van der Waals surface area contributed by atoms with Crippen LogP contribution in [0, 0.1) is 0 Å². The van der Waals surface area contributed by atoms with E-state index < -0.39 is 0 Å². The van der Waals surface area contributed by atoms with Crippen LogP contribution in [0.2, 0.25) is 0 Å². The first-order valence-electron chi connectivity index (χ1n) is 10.8. The molecule has 3 aromatic carbocycles. The van der Waals surface area contributed by atoms with Gasteiger partial charge in [0.15, 0.2) is 0 Å². The molecule has 0 aromatic heterocycles. The number of rotatable bonds is 3. The van der Waals surface area contributed by atoms with Crippen LogP contribution >= 0.6 is 0 Å². The van der Waals surface area contributed by atoms with Crippen LogP contribution in [-0.4, -0.2) is 17.8 Å². The summed E-state index contributed by atoms with van der Waals surface area (Å²) in [6.07, 6.45) is 0.575. The van der Waals surface area contributed by atoms with Crippen molar-refractivity contribution >= 4 is 5.71 Å². The van der Waals surface area contributed by atoms with E-state index in [9.17, 15) is 0 Å². The van der Waals surface area contributed by atoms with E-state index in [1.165, 1.54) is 5.56 Å². The van der Waals surface area contributed by atoms with Crippen LogP contribution in [0.15, 0.2) is 77.9 Å². The molecule has 0 aliphatic carbocycles. The highest BCUT2D eigenvalue weighted by molar-refractivity contribution is 6.01. The normalized spacial score (nSPS) is 19.9. The van der Waals surface area contributed by atoms with Crippen LogP contribution in [0.5, 0.6) is 11.5 Å². The van der Waals surface area contributed by atoms with E-state index in [0.717, 1.165) is 40.3 Å². The van der Waals surface area contributed by atoms with Gasteiger partial charge in [0, 0.05) is 17.5 Å². The summed E-state index contributed by atoms with van der Waals surface area (Å²) in [6, 6.07) is 25.3. The first kappa shape index (κ1) is 19.7. The van der Waals surface area contributed by atoms with Crippen molar-refractivity contribution in [2.75, 3.05) is 7.11 Å². The highest BCUT2D eigenvalue weighted by atomic mass is 16.5. The van der Waals surface area contributed by atoms with E-state index in [0.29, 0.717) is 0 Å². The van der Waals surface area contributed by atoms with Gasteiger partial charge in [-0.05, 0) is 34.7 Å². The molecule has 0 amide bonds. The molecule has 0 unspecified atom stereocenters. The molecule has 2 atom stereocenters. The van der Waals surface area contributed by atoms with Gasteiger partial charge in [-0.15, -0.1) is 0 Å². The van der Waals surface area contributed by atoms with Gasteiger partial charge in [-0.1, -0.05) is 75.4 Å². The Morgan fingerprint density at radius 1 is 0.968 bits per heavy atom. The molecule has 0 spiro atoms. The molecule has 2 heterocycles. The molecule has 2 aliphatic heterocycles. The smallest absolute Gasteiger partial charge is 0.213 e. The number of fused-ring (bicyclic) bond motifs is 3. The summed E-state index contributed by atoms with van der Waals surface area (Å²) in [5.41, 5.74) is 5.89. The summed E-state index contributed by atoms with van der Waals surface area (Å²) in [7, 11) is 1.70. The monoisotopic (exact) mass is 412 g/mol. The average molecular weight is 413 g/mol. The maximum Gasteiger partial charge on any atom is 0.213 e. The van der Waals surface area contributed by atoms with E-state index in [1.54, 1.807) is 7.11 Å². The fourth-order valence-corrected chi connectivity index (χ4v) is 4.37. The molecule has 0 bridgehead atoms. The molecule has 3 aromatic rings. The third-order valence-electron chi connectivity index (χ3n) is 6.17. The van der Waals surface area contributed by atoms with Gasteiger partial charge in [0.1, 0.15) is 11.5 Å². The Bertz CT molecular complexity index is 1110. The Kier molecular flexibility index (Phi) is 4.73. The van der Waals surface area contributed by atoms with Gasteiger partial charge >= 0.3 is 0 Å². The molecular weight excluding hydrogens is 384 g/mol. The van der Waals surface area contributed by atoms with Crippen LogP contribution < -0.4 is 9.47 Å². The third-order valence-corrected chi connectivity index (χ3v) is 6.17. The average Bonchev–Trinajstić information content (AvgIpc) is 3.24. The quantitative estimate of drug-likeness (QED) is 0.511. The molecule has 4 nitrogen and oxygen atoms in total. The Morgan fingerprint density at radius 2 is 1.71 bits per heavy atom.